The third-order valence-electron chi connectivity index (χ3n) is 2.84. The molecule has 1 saturated carbocycles. The molecule has 1 amide bonds. The highest BCUT2D eigenvalue weighted by atomic mass is 16.5. The fourth-order valence-electron chi connectivity index (χ4n) is 1.89. The van der Waals surface area contributed by atoms with Gasteiger partial charge in [-0.3, -0.25) is 4.79 Å². The number of benzene rings is 1. The highest BCUT2D eigenvalue weighted by Gasteiger charge is 2.44. The van der Waals surface area contributed by atoms with E-state index < -0.39 is 0 Å². The predicted molar refractivity (Wildman–Crippen MR) is 62.4 cm³/mol. The Balaban J connectivity index is 2.47. The molecular weight excluding hydrogens is 204 g/mol. The van der Waals surface area contributed by atoms with E-state index in [9.17, 15) is 4.79 Å². The molecule has 1 fully saturated rings. The van der Waals surface area contributed by atoms with Crippen LogP contribution in [0.3, 0.4) is 0 Å². The zero-order valence-electron chi connectivity index (χ0n) is 9.54. The fourth-order valence-corrected chi connectivity index (χ4v) is 1.89. The van der Waals surface area contributed by atoms with E-state index in [0.717, 1.165) is 29.8 Å². The maximum absolute atomic E-state index is 11.1. The standard InChI is InChI=1S/C12H16N2O2/c1-8(15)14-9-4-3-5-10(16-2)11(9)12(13)6-7-12/h3-5H,6-7,13H2,1-2H3,(H,14,15). The van der Waals surface area contributed by atoms with Crippen LogP contribution in [0.4, 0.5) is 5.69 Å². The van der Waals surface area contributed by atoms with Crippen molar-refractivity contribution in [2.45, 2.75) is 25.3 Å². The number of methoxy groups -OCH3 is 1. The topological polar surface area (TPSA) is 64.3 Å². The van der Waals surface area contributed by atoms with E-state index in [2.05, 4.69) is 5.32 Å². The fraction of sp³-hybridized carbons (Fsp3) is 0.417. The van der Waals surface area contributed by atoms with E-state index in [1.807, 2.05) is 18.2 Å². The summed E-state index contributed by atoms with van der Waals surface area (Å²) in [6, 6.07) is 5.57. The molecule has 2 rings (SSSR count). The van der Waals surface area contributed by atoms with Gasteiger partial charge in [0.05, 0.1) is 7.11 Å². The van der Waals surface area contributed by atoms with Crippen LogP contribution in [0, 0.1) is 0 Å². The van der Waals surface area contributed by atoms with Crippen LogP contribution in [-0.4, -0.2) is 13.0 Å². The minimum atomic E-state index is -0.329. The van der Waals surface area contributed by atoms with Crippen LogP contribution in [0.2, 0.25) is 0 Å². The summed E-state index contributed by atoms with van der Waals surface area (Å²) in [5.74, 6) is 0.644. The number of carbonyl (C=O) groups excluding carboxylic acids is 1. The summed E-state index contributed by atoms with van der Waals surface area (Å²) in [5, 5.41) is 2.80. The molecule has 3 N–H and O–H groups in total. The van der Waals surface area contributed by atoms with E-state index in [1.165, 1.54) is 6.92 Å². The van der Waals surface area contributed by atoms with E-state index in [4.69, 9.17) is 10.5 Å². The Morgan fingerprint density at radius 2 is 2.19 bits per heavy atom. The van der Waals surface area contributed by atoms with E-state index in [-0.39, 0.29) is 11.4 Å². The summed E-state index contributed by atoms with van der Waals surface area (Å²) in [6.07, 6.45) is 1.86. The van der Waals surface area contributed by atoms with Crippen LogP contribution in [0.5, 0.6) is 5.75 Å². The molecule has 0 spiro atoms. The van der Waals surface area contributed by atoms with Crippen molar-refractivity contribution in [1.82, 2.24) is 0 Å². The molecule has 1 aromatic rings. The van der Waals surface area contributed by atoms with Crippen LogP contribution in [-0.2, 0) is 10.3 Å². The summed E-state index contributed by atoms with van der Waals surface area (Å²) in [7, 11) is 1.61. The number of nitrogens with one attached hydrogen (secondary N) is 1. The van der Waals surface area contributed by atoms with Crippen LogP contribution < -0.4 is 15.8 Å². The molecule has 16 heavy (non-hydrogen) atoms. The molecule has 4 nitrogen and oxygen atoms in total. The third kappa shape index (κ3) is 1.88. The Hall–Kier alpha value is -1.55. The molecule has 0 bridgehead atoms. The lowest BCUT2D eigenvalue weighted by atomic mass is 10.0. The van der Waals surface area contributed by atoms with Gasteiger partial charge in [0.2, 0.25) is 5.91 Å². The van der Waals surface area contributed by atoms with Gasteiger partial charge in [-0.15, -0.1) is 0 Å². The van der Waals surface area contributed by atoms with Crippen molar-refractivity contribution in [3.05, 3.63) is 23.8 Å². The average molecular weight is 220 g/mol. The summed E-state index contributed by atoms with van der Waals surface area (Å²) >= 11 is 0. The first-order chi connectivity index (χ1) is 7.57. The number of ether oxygens (including phenoxy) is 1. The summed E-state index contributed by atoms with van der Waals surface area (Å²) < 4.78 is 5.30. The van der Waals surface area contributed by atoms with Crippen molar-refractivity contribution in [3.8, 4) is 5.75 Å². The summed E-state index contributed by atoms with van der Waals surface area (Å²) in [5.41, 5.74) is 7.53. The maximum atomic E-state index is 11.1. The highest BCUT2D eigenvalue weighted by molar-refractivity contribution is 5.90. The molecule has 0 heterocycles. The van der Waals surface area contributed by atoms with Crippen LogP contribution in [0.1, 0.15) is 25.3 Å². The molecular formula is C12H16N2O2. The SMILES string of the molecule is COc1cccc(NC(C)=O)c1C1(N)CC1. The van der Waals surface area contributed by atoms with Crippen LogP contribution in [0.15, 0.2) is 18.2 Å². The minimum Gasteiger partial charge on any atom is -0.496 e. The second kappa shape index (κ2) is 3.79. The first kappa shape index (κ1) is 11.0. The normalized spacial score (nSPS) is 16.7. The van der Waals surface area contributed by atoms with Gasteiger partial charge in [-0.05, 0) is 25.0 Å². The van der Waals surface area contributed by atoms with Gasteiger partial charge in [0, 0.05) is 23.7 Å². The van der Waals surface area contributed by atoms with Crippen molar-refractivity contribution in [2.75, 3.05) is 12.4 Å². The molecule has 0 radical (unpaired) electrons. The molecule has 0 aromatic heterocycles. The molecule has 86 valence electrons. The van der Waals surface area contributed by atoms with Gasteiger partial charge in [0.25, 0.3) is 0 Å². The zero-order chi connectivity index (χ0) is 11.8. The lowest BCUT2D eigenvalue weighted by Gasteiger charge is -2.18. The Kier molecular flexibility index (Phi) is 2.59. The number of carbonyl (C=O) groups is 1. The summed E-state index contributed by atoms with van der Waals surface area (Å²) in [4.78, 5) is 11.1. The minimum absolute atomic E-state index is 0.0984. The van der Waals surface area contributed by atoms with Gasteiger partial charge in [-0.1, -0.05) is 6.07 Å². The Labute approximate surface area is 94.8 Å². The lowest BCUT2D eigenvalue weighted by molar-refractivity contribution is -0.114. The lowest BCUT2D eigenvalue weighted by Crippen LogP contribution is -2.22. The first-order valence-electron chi connectivity index (χ1n) is 5.31. The van der Waals surface area contributed by atoms with E-state index in [0.29, 0.717) is 0 Å². The van der Waals surface area contributed by atoms with Gasteiger partial charge in [0.1, 0.15) is 5.75 Å². The number of hydrogen-bond acceptors (Lipinski definition) is 3. The van der Waals surface area contributed by atoms with Gasteiger partial charge >= 0.3 is 0 Å². The van der Waals surface area contributed by atoms with Crippen LogP contribution >= 0.6 is 0 Å². The smallest absolute Gasteiger partial charge is 0.221 e. The molecule has 1 aromatic carbocycles. The molecule has 0 aliphatic heterocycles. The maximum Gasteiger partial charge on any atom is 0.221 e. The number of rotatable bonds is 3. The second-order valence-corrected chi connectivity index (χ2v) is 4.22. The zero-order valence-corrected chi connectivity index (χ0v) is 9.54. The molecule has 0 unspecified atom stereocenters. The monoisotopic (exact) mass is 220 g/mol. The number of amides is 1. The molecule has 1 aliphatic rings. The van der Waals surface area contributed by atoms with Crippen molar-refractivity contribution in [2.24, 2.45) is 5.73 Å². The Bertz CT molecular complexity index is 425. The molecule has 0 saturated heterocycles. The largest absolute Gasteiger partial charge is 0.496 e. The number of hydrogen-bond donors (Lipinski definition) is 2. The van der Waals surface area contributed by atoms with Gasteiger partial charge in [0.15, 0.2) is 0 Å². The van der Waals surface area contributed by atoms with Gasteiger partial charge < -0.3 is 15.8 Å². The Morgan fingerprint density at radius 3 is 2.69 bits per heavy atom. The van der Waals surface area contributed by atoms with Crippen molar-refractivity contribution in [1.29, 1.82) is 0 Å². The molecule has 0 atom stereocenters. The van der Waals surface area contributed by atoms with Gasteiger partial charge in [-0.2, -0.15) is 0 Å². The number of nitrogens with two attached hydrogens (primary N) is 1. The third-order valence-corrected chi connectivity index (χ3v) is 2.84. The quantitative estimate of drug-likeness (QED) is 0.813. The van der Waals surface area contributed by atoms with Crippen LogP contribution in [0.25, 0.3) is 0 Å². The number of anilines is 1. The van der Waals surface area contributed by atoms with E-state index >= 15 is 0 Å². The Morgan fingerprint density at radius 1 is 1.50 bits per heavy atom. The molecule has 4 heteroatoms. The second-order valence-electron chi connectivity index (χ2n) is 4.22. The van der Waals surface area contributed by atoms with Crippen molar-refractivity contribution < 1.29 is 9.53 Å². The van der Waals surface area contributed by atoms with Gasteiger partial charge in [-0.25, -0.2) is 0 Å². The van der Waals surface area contributed by atoms with E-state index in [1.54, 1.807) is 7.11 Å². The molecule has 1 aliphatic carbocycles. The van der Waals surface area contributed by atoms with Crippen molar-refractivity contribution in [3.63, 3.8) is 0 Å². The summed E-state index contributed by atoms with van der Waals surface area (Å²) in [6.45, 7) is 1.49. The highest BCUT2D eigenvalue weighted by Crippen LogP contribution is 2.49. The van der Waals surface area contributed by atoms with Crippen molar-refractivity contribution >= 4 is 11.6 Å². The average Bonchev–Trinajstić information content (AvgIpc) is 2.96. The first-order valence-corrected chi connectivity index (χ1v) is 5.31. The predicted octanol–water partition coefficient (Wildman–Crippen LogP) is 1.60.